The van der Waals surface area contributed by atoms with Crippen LogP contribution >= 0.6 is 11.3 Å². The largest absolute Gasteiger partial charge is 0.467 e. The summed E-state index contributed by atoms with van der Waals surface area (Å²) in [6, 6.07) is 13.9. The summed E-state index contributed by atoms with van der Waals surface area (Å²) in [5.74, 6) is 0.365. The molecule has 188 valence electrons. The fourth-order valence-corrected chi connectivity index (χ4v) is 7.33. The number of furan rings is 1. The molecule has 2 aromatic heterocycles. The molecule has 1 aliphatic heterocycles. The van der Waals surface area contributed by atoms with Crippen LogP contribution in [0.2, 0.25) is 0 Å². The van der Waals surface area contributed by atoms with E-state index in [2.05, 4.69) is 6.07 Å². The Balaban J connectivity index is 1.48. The lowest BCUT2D eigenvalue weighted by Crippen LogP contribution is -2.41. The van der Waals surface area contributed by atoms with Gasteiger partial charge in [0, 0.05) is 18.2 Å². The van der Waals surface area contributed by atoms with Gasteiger partial charge in [-0.2, -0.15) is 4.31 Å². The van der Waals surface area contributed by atoms with Crippen LogP contribution in [0.1, 0.15) is 53.4 Å². The molecule has 0 radical (unpaired) electrons. The molecular weight excluding hydrogens is 494 g/mol. The zero-order valence-electron chi connectivity index (χ0n) is 20.6. The molecule has 4 aromatic rings. The number of aromatic nitrogens is 1. The van der Waals surface area contributed by atoms with E-state index in [4.69, 9.17) is 9.40 Å². The summed E-state index contributed by atoms with van der Waals surface area (Å²) < 4.78 is 34.5. The molecule has 2 aromatic carbocycles. The molecule has 5 rings (SSSR count). The predicted octanol–water partition coefficient (Wildman–Crippen LogP) is 5.92. The molecule has 9 heteroatoms. The number of carbonyl (C=O) groups is 1. The van der Waals surface area contributed by atoms with E-state index in [1.165, 1.54) is 23.5 Å². The number of thiazole rings is 1. The summed E-state index contributed by atoms with van der Waals surface area (Å²) in [5.41, 5.74) is 3.49. The number of hydrogen-bond acceptors (Lipinski definition) is 6. The van der Waals surface area contributed by atoms with Crippen molar-refractivity contribution in [3.05, 3.63) is 77.2 Å². The molecule has 1 unspecified atom stereocenters. The van der Waals surface area contributed by atoms with Gasteiger partial charge < -0.3 is 4.42 Å². The molecule has 0 spiro atoms. The normalized spacial score (nSPS) is 16.9. The second kappa shape index (κ2) is 9.80. The first-order valence-corrected chi connectivity index (χ1v) is 14.3. The van der Waals surface area contributed by atoms with Gasteiger partial charge in [-0.05, 0) is 87.2 Å². The van der Waals surface area contributed by atoms with Crippen molar-refractivity contribution in [1.29, 1.82) is 0 Å². The lowest BCUT2D eigenvalue weighted by molar-refractivity contribution is 0.0983. The van der Waals surface area contributed by atoms with Crippen LogP contribution in [0, 0.1) is 13.8 Å². The molecule has 3 heterocycles. The maximum Gasteiger partial charge on any atom is 0.260 e. The topological polar surface area (TPSA) is 83.7 Å². The van der Waals surface area contributed by atoms with Gasteiger partial charge in [0.15, 0.2) is 5.13 Å². The Kier molecular flexibility index (Phi) is 6.72. The fraction of sp³-hybridized carbons (Fsp3) is 0.333. The smallest absolute Gasteiger partial charge is 0.260 e. The van der Waals surface area contributed by atoms with E-state index in [0.29, 0.717) is 23.0 Å². The fourth-order valence-electron chi connectivity index (χ4n) is 4.60. The third-order valence-electron chi connectivity index (χ3n) is 6.89. The number of sulfonamides is 1. The van der Waals surface area contributed by atoms with Crippen molar-refractivity contribution in [3.63, 3.8) is 0 Å². The highest BCUT2D eigenvalue weighted by Gasteiger charge is 2.31. The van der Waals surface area contributed by atoms with Gasteiger partial charge in [0.25, 0.3) is 5.91 Å². The van der Waals surface area contributed by atoms with Crippen molar-refractivity contribution < 1.29 is 17.6 Å². The Morgan fingerprint density at radius 3 is 2.61 bits per heavy atom. The highest BCUT2D eigenvalue weighted by molar-refractivity contribution is 7.89. The highest BCUT2D eigenvalue weighted by Crippen LogP contribution is 2.34. The van der Waals surface area contributed by atoms with E-state index in [-0.39, 0.29) is 23.4 Å². The lowest BCUT2D eigenvalue weighted by Gasteiger charge is -2.32. The van der Waals surface area contributed by atoms with Gasteiger partial charge in [0.2, 0.25) is 10.0 Å². The maximum absolute atomic E-state index is 13.7. The van der Waals surface area contributed by atoms with Crippen LogP contribution in [0.25, 0.3) is 10.2 Å². The Morgan fingerprint density at radius 1 is 1.14 bits per heavy atom. The van der Waals surface area contributed by atoms with Crippen molar-refractivity contribution in [1.82, 2.24) is 9.29 Å². The minimum absolute atomic E-state index is 0.0278. The zero-order chi connectivity index (χ0) is 25.4. The van der Waals surface area contributed by atoms with Crippen LogP contribution in [-0.2, 0) is 16.6 Å². The van der Waals surface area contributed by atoms with E-state index in [9.17, 15) is 13.2 Å². The number of anilines is 1. The summed E-state index contributed by atoms with van der Waals surface area (Å²) in [4.78, 5) is 20.3. The molecule has 1 atom stereocenters. The molecule has 36 heavy (non-hydrogen) atoms. The summed E-state index contributed by atoms with van der Waals surface area (Å²) >= 11 is 1.45. The van der Waals surface area contributed by atoms with Gasteiger partial charge in [0.1, 0.15) is 5.76 Å². The number of carbonyl (C=O) groups excluding carboxylic acids is 1. The van der Waals surface area contributed by atoms with Crippen molar-refractivity contribution in [2.24, 2.45) is 0 Å². The number of benzene rings is 2. The number of fused-ring (bicyclic) bond motifs is 1. The molecule has 1 aliphatic rings. The van der Waals surface area contributed by atoms with Gasteiger partial charge in [-0.3, -0.25) is 9.69 Å². The first-order chi connectivity index (χ1) is 17.3. The van der Waals surface area contributed by atoms with Gasteiger partial charge in [-0.25, -0.2) is 13.4 Å². The number of hydrogen-bond donors (Lipinski definition) is 0. The van der Waals surface area contributed by atoms with Gasteiger partial charge in [0.05, 0.1) is 27.9 Å². The molecule has 0 aliphatic carbocycles. The molecule has 7 nitrogen and oxygen atoms in total. The van der Waals surface area contributed by atoms with Crippen LogP contribution in [-0.4, -0.2) is 36.2 Å². The minimum Gasteiger partial charge on any atom is -0.467 e. The summed E-state index contributed by atoms with van der Waals surface area (Å²) in [6.07, 6.45) is 4.34. The average molecular weight is 524 g/mol. The Bertz CT molecular complexity index is 1490. The van der Waals surface area contributed by atoms with Crippen LogP contribution in [0.4, 0.5) is 5.13 Å². The van der Waals surface area contributed by atoms with E-state index >= 15 is 0 Å². The average Bonchev–Trinajstić information content (AvgIpc) is 3.55. The van der Waals surface area contributed by atoms with Crippen LogP contribution < -0.4 is 4.90 Å². The van der Waals surface area contributed by atoms with E-state index in [1.54, 1.807) is 33.7 Å². The SMILES string of the molecule is Cc1ccc2sc(N(Cc3ccco3)C(=O)c3ccc(S(=O)(=O)N4CCCCC4C)cc3)nc2c1C. The Hall–Kier alpha value is -3.01. The van der Waals surface area contributed by atoms with E-state index in [0.717, 1.165) is 40.6 Å². The number of rotatable bonds is 6. The molecule has 1 saturated heterocycles. The van der Waals surface area contributed by atoms with Gasteiger partial charge >= 0.3 is 0 Å². The van der Waals surface area contributed by atoms with E-state index < -0.39 is 10.0 Å². The van der Waals surface area contributed by atoms with E-state index in [1.807, 2.05) is 32.9 Å². The summed E-state index contributed by atoms with van der Waals surface area (Å²) in [7, 11) is -3.61. The summed E-state index contributed by atoms with van der Waals surface area (Å²) in [6.45, 7) is 6.76. The number of aryl methyl sites for hydroxylation is 2. The number of piperidine rings is 1. The number of amides is 1. The maximum atomic E-state index is 13.7. The quantitative estimate of drug-likeness (QED) is 0.313. The minimum atomic E-state index is -3.61. The second-order valence-electron chi connectivity index (χ2n) is 9.31. The third-order valence-corrected chi connectivity index (χ3v) is 9.96. The van der Waals surface area contributed by atoms with Crippen LogP contribution in [0.15, 0.2) is 64.1 Å². The predicted molar refractivity (Wildman–Crippen MR) is 142 cm³/mol. The number of nitrogens with zero attached hydrogens (tertiary/aromatic N) is 3. The molecule has 0 saturated carbocycles. The van der Waals surface area contributed by atoms with Crippen LogP contribution in [0.3, 0.4) is 0 Å². The van der Waals surface area contributed by atoms with Crippen molar-refractivity contribution in [2.45, 2.75) is 57.5 Å². The Labute approximate surface area is 215 Å². The zero-order valence-corrected chi connectivity index (χ0v) is 22.2. The third kappa shape index (κ3) is 4.58. The second-order valence-corrected chi connectivity index (χ2v) is 12.2. The standard InChI is InChI=1S/C27H29N3O4S2/c1-18-9-14-24-25(20(18)3)28-27(35-24)29(17-22-8-6-16-34-22)26(31)21-10-12-23(13-11-21)36(32,33)30-15-5-4-7-19(30)2/h6,8-14,16,19H,4-5,7,15,17H2,1-3H3. The molecule has 0 N–H and O–H groups in total. The van der Waals surface area contributed by atoms with Crippen molar-refractivity contribution >= 4 is 42.6 Å². The monoisotopic (exact) mass is 523 g/mol. The lowest BCUT2D eigenvalue weighted by atomic mass is 10.1. The van der Waals surface area contributed by atoms with Crippen molar-refractivity contribution in [3.8, 4) is 0 Å². The summed E-state index contributed by atoms with van der Waals surface area (Å²) in [5, 5.41) is 0.568. The highest BCUT2D eigenvalue weighted by atomic mass is 32.2. The first kappa shape index (κ1) is 24.7. The Morgan fingerprint density at radius 2 is 1.92 bits per heavy atom. The van der Waals surface area contributed by atoms with Crippen LogP contribution in [0.5, 0.6) is 0 Å². The van der Waals surface area contributed by atoms with Crippen molar-refractivity contribution in [2.75, 3.05) is 11.4 Å². The molecular formula is C27H29N3O4S2. The first-order valence-electron chi connectivity index (χ1n) is 12.1. The van der Waals surface area contributed by atoms with Gasteiger partial charge in [-0.1, -0.05) is 23.8 Å². The molecule has 1 fully saturated rings. The molecule has 1 amide bonds. The van der Waals surface area contributed by atoms with Gasteiger partial charge in [-0.15, -0.1) is 0 Å². The molecule has 0 bridgehead atoms.